The van der Waals surface area contributed by atoms with Gasteiger partial charge in [0, 0.05) is 38.9 Å². The van der Waals surface area contributed by atoms with Crippen molar-refractivity contribution in [2.45, 2.75) is 75.7 Å². The molecule has 42 heavy (non-hydrogen) atoms. The van der Waals surface area contributed by atoms with Crippen LogP contribution < -0.4 is 5.32 Å². The molecule has 0 radical (unpaired) electrons. The van der Waals surface area contributed by atoms with E-state index in [1.807, 2.05) is 42.5 Å². The molecule has 2 aromatic rings. The Kier molecular flexibility index (Phi) is 8.76. The fraction of sp³-hybridized carbons (Fsp3) is 0.545. The van der Waals surface area contributed by atoms with Crippen molar-refractivity contribution in [3.63, 3.8) is 0 Å². The molecule has 0 unspecified atom stereocenters. The van der Waals surface area contributed by atoms with Crippen LogP contribution in [0.15, 0.2) is 54.6 Å². The monoisotopic (exact) mass is 574 g/mol. The van der Waals surface area contributed by atoms with Gasteiger partial charge in [-0.3, -0.25) is 19.4 Å². The van der Waals surface area contributed by atoms with E-state index in [9.17, 15) is 19.5 Å². The van der Waals surface area contributed by atoms with Crippen molar-refractivity contribution in [1.82, 2.24) is 20.0 Å². The highest BCUT2D eigenvalue weighted by atomic mass is 16.5. The van der Waals surface area contributed by atoms with Crippen molar-refractivity contribution >= 4 is 17.9 Å². The Morgan fingerprint density at radius 1 is 0.952 bits per heavy atom. The molecule has 4 atom stereocenters. The molecule has 0 aromatic heterocycles. The quantitative estimate of drug-likeness (QED) is 0.521. The second-order valence-corrected chi connectivity index (χ2v) is 12.2. The number of nitrogens with one attached hydrogen (secondary N) is 1. The minimum atomic E-state index is -1.12. The predicted molar refractivity (Wildman–Crippen MR) is 158 cm³/mol. The molecule has 0 bridgehead atoms. The van der Waals surface area contributed by atoms with Crippen molar-refractivity contribution < 1.29 is 24.2 Å². The average molecular weight is 575 g/mol. The number of nitrogens with zero attached hydrogens (tertiary/aromatic N) is 3. The average Bonchev–Trinajstić information content (AvgIpc) is 3.49. The number of benzene rings is 2. The van der Waals surface area contributed by atoms with Gasteiger partial charge in [-0.15, -0.1) is 0 Å². The van der Waals surface area contributed by atoms with Crippen LogP contribution in [-0.2, 0) is 27.3 Å². The molecule has 4 aliphatic rings. The lowest BCUT2D eigenvalue weighted by Crippen LogP contribution is -2.66. The van der Waals surface area contributed by atoms with Crippen LogP contribution in [0.1, 0.15) is 61.3 Å². The number of piperazine rings is 1. The summed E-state index contributed by atoms with van der Waals surface area (Å²) < 4.78 is 5.60. The smallest absolute Gasteiger partial charge is 0.408 e. The fourth-order valence-electron chi connectivity index (χ4n) is 7.51. The molecule has 3 heterocycles. The molecule has 9 nitrogen and oxygen atoms in total. The number of hydrogen-bond acceptors (Lipinski definition) is 5. The second kappa shape index (κ2) is 12.8. The van der Waals surface area contributed by atoms with Gasteiger partial charge < -0.3 is 20.1 Å². The van der Waals surface area contributed by atoms with Crippen molar-refractivity contribution in [2.75, 3.05) is 32.8 Å². The van der Waals surface area contributed by atoms with Crippen molar-refractivity contribution in [1.29, 1.82) is 0 Å². The van der Waals surface area contributed by atoms with Crippen molar-refractivity contribution in [3.8, 4) is 0 Å². The summed E-state index contributed by atoms with van der Waals surface area (Å²) in [6.45, 7) is 2.94. The minimum absolute atomic E-state index is 0.0874. The van der Waals surface area contributed by atoms with E-state index in [1.165, 1.54) is 10.5 Å². The third-order valence-corrected chi connectivity index (χ3v) is 9.70. The first-order valence-corrected chi connectivity index (χ1v) is 15.5. The summed E-state index contributed by atoms with van der Waals surface area (Å²) in [4.78, 5) is 47.0. The van der Waals surface area contributed by atoms with Crippen LogP contribution in [0, 0.1) is 5.92 Å². The van der Waals surface area contributed by atoms with Crippen LogP contribution >= 0.6 is 0 Å². The summed E-state index contributed by atoms with van der Waals surface area (Å²) in [5.74, 6) is -0.580. The van der Waals surface area contributed by atoms with Crippen LogP contribution in [0.2, 0.25) is 0 Å². The lowest BCUT2D eigenvalue weighted by Gasteiger charge is -2.46. The number of hydrogen-bond donors (Lipinski definition) is 2. The maximum absolute atomic E-state index is 14.7. The van der Waals surface area contributed by atoms with Crippen LogP contribution in [-0.4, -0.2) is 88.7 Å². The number of carboxylic acid groups (broad SMARTS) is 1. The first kappa shape index (κ1) is 28.7. The molecule has 2 N–H and O–H groups in total. The molecular formula is C33H42N4O5. The van der Waals surface area contributed by atoms with E-state index in [-0.39, 0.29) is 36.4 Å². The highest BCUT2D eigenvalue weighted by molar-refractivity contribution is 5.92. The van der Waals surface area contributed by atoms with Crippen LogP contribution in [0.25, 0.3) is 0 Å². The van der Waals surface area contributed by atoms with Crippen LogP contribution in [0.5, 0.6) is 0 Å². The Labute approximate surface area is 247 Å². The van der Waals surface area contributed by atoms with Gasteiger partial charge in [0.15, 0.2) is 0 Å². The molecule has 3 fully saturated rings. The lowest BCUT2D eigenvalue weighted by molar-refractivity contribution is -0.152. The molecule has 3 saturated heterocycles. The van der Waals surface area contributed by atoms with Gasteiger partial charge in [0.25, 0.3) is 0 Å². The van der Waals surface area contributed by atoms with E-state index in [2.05, 4.69) is 22.3 Å². The predicted octanol–water partition coefficient (Wildman–Crippen LogP) is 3.83. The second-order valence-electron chi connectivity index (χ2n) is 12.2. The maximum atomic E-state index is 14.7. The van der Waals surface area contributed by atoms with Gasteiger partial charge in [0.2, 0.25) is 11.8 Å². The standard InChI is InChI=1S/C33H42N4O5/c38-31(34-28-14-6-11-24-10-4-5-13-27(24)28)29-22-35-17-7-12-26(35)21-36(29)32(39)30(25-15-18-42-19-16-25)37(33(40)41)20-23-8-2-1-3-9-23/h1-5,8-10,13,25-26,28-30H,6-7,11-12,14-22H2,(H,34,38)(H,40,41)/t26-,28+,29-,30-/m0/s1. The zero-order valence-electron chi connectivity index (χ0n) is 24.2. The molecular weight excluding hydrogens is 532 g/mol. The van der Waals surface area contributed by atoms with Gasteiger partial charge in [-0.05, 0) is 74.1 Å². The van der Waals surface area contributed by atoms with Crippen LogP contribution in [0.3, 0.4) is 0 Å². The van der Waals surface area contributed by atoms with Crippen molar-refractivity contribution in [3.05, 3.63) is 71.3 Å². The number of amides is 3. The normalized spacial score (nSPS) is 25.2. The van der Waals surface area contributed by atoms with E-state index in [0.717, 1.165) is 49.8 Å². The zero-order chi connectivity index (χ0) is 29.1. The number of carbonyl (C=O) groups excluding carboxylic acids is 2. The third kappa shape index (κ3) is 6.03. The molecule has 3 aliphatic heterocycles. The van der Waals surface area contributed by atoms with Gasteiger partial charge in [0.1, 0.15) is 12.1 Å². The third-order valence-electron chi connectivity index (χ3n) is 9.70. The first-order valence-electron chi connectivity index (χ1n) is 15.5. The number of aryl methyl sites for hydroxylation is 1. The highest BCUT2D eigenvalue weighted by Crippen LogP contribution is 2.33. The first-order chi connectivity index (χ1) is 20.5. The number of rotatable bonds is 7. The topological polar surface area (TPSA) is 102 Å². The fourth-order valence-corrected chi connectivity index (χ4v) is 7.51. The van der Waals surface area contributed by atoms with E-state index in [4.69, 9.17) is 4.74 Å². The van der Waals surface area contributed by atoms with Crippen molar-refractivity contribution in [2.24, 2.45) is 5.92 Å². The molecule has 9 heteroatoms. The molecule has 2 aromatic carbocycles. The summed E-state index contributed by atoms with van der Waals surface area (Å²) in [5, 5.41) is 13.8. The largest absolute Gasteiger partial charge is 0.465 e. The SMILES string of the molecule is O=C(N[C@@H]1CCCc2ccccc21)[C@@H]1CN2CCC[C@H]2CN1C(=O)[C@H](C1CCOCC1)N(Cc1ccccc1)C(=O)O. The highest BCUT2D eigenvalue weighted by Gasteiger charge is 2.47. The maximum Gasteiger partial charge on any atom is 0.408 e. The summed E-state index contributed by atoms with van der Waals surface area (Å²) in [6, 6.07) is 16.2. The summed E-state index contributed by atoms with van der Waals surface area (Å²) in [6.07, 6.45) is 4.97. The van der Waals surface area contributed by atoms with E-state index >= 15 is 0 Å². The Morgan fingerprint density at radius 3 is 2.50 bits per heavy atom. The lowest BCUT2D eigenvalue weighted by atomic mass is 9.87. The van der Waals surface area contributed by atoms with Gasteiger partial charge in [0.05, 0.1) is 6.04 Å². The van der Waals surface area contributed by atoms with E-state index < -0.39 is 18.2 Å². The Hall–Kier alpha value is -3.43. The number of carbonyl (C=O) groups is 3. The molecule has 6 rings (SSSR count). The van der Waals surface area contributed by atoms with Gasteiger partial charge in [-0.1, -0.05) is 54.6 Å². The van der Waals surface area contributed by atoms with E-state index in [0.29, 0.717) is 39.1 Å². The molecule has 3 amide bonds. The summed E-state index contributed by atoms with van der Waals surface area (Å²) in [7, 11) is 0. The zero-order valence-corrected chi connectivity index (χ0v) is 24.2. The Morgan fingerprint density at radius 2 is 1.71 bits per heavy atom. The van der Waals surface area contributed by atoms with E-state index in [1.54, 1.807) is 4.90 Å². The van der Waals surface area contributed by atoms with Gasteiger partial charge in [-0.2, -0.15) is 0 Å². The van der Waals surface area contributed by atoms with Crippen LogP contribution in [0.4, 0.5) is 4.79 Å². The Balaban J connectivity index is 1.30. The van der Waals surface area contributed by atoms with Gasteiger partial charge in [-0.25, -0.2) is 4.79 Å². The summed E-state index contributed by atoms with van der Waals surface area (Å²) in [5.41, 5.74) is 3.25. The van der Waals surface area contributed by atoms with Gasteiger partial charge >= 0.3 is 6.09 Å². The Bertz CT molecular complexity index is 1270. The number of ether oxygens (including phenoxy) is 1. The molecule has 0 saturated carbocycles. The number of fused-ring (bicyclic) bond motifs is 2. The molecule has 224 valence electrons. The molecule has 0 spiro atoms. The summed E-state index contributed by atoms with van der Waals surface area (Å²) >= 11 is 0. The molecule has 1 aliphatic carbocycles. The minimum Gasteiger partial charge on any atom is -0.465 e.